The summed E-state index contributed by atoms with van der Waals surface area (Å²) < 4.78 is 7.91. The Kier molecular flexibility index (Phi) is 4.11. The zero-order chi connectivity index (χ0) is 16.6. The molecular weight excluding hydrogens is 292 g/mol. The summed E-state index contributed by atoms with van der Waals surface area (Å²) in [5, 5.41) is 13.2. The van der Waals surface area contributed by atoms with Gasteiger partial charge in [-0.25, -0.2) is 4.79 Å². The van der Waals surface area contributed by atoms with Gasteiger partial charge in [0.2, 0.25) is 0 Å². The third kappa shape index (κ3) is 2.96. The highest BCUT2D eigenvalue weighted by Gasteiger charge is 2.22. The average Bonchev–Trinajstić information content (AvgIpc) is 3.14. The molecule has 0 bridgehead atoms. The number of rotatable bonds is 4. The number of aromatic carboxylic acids is 1. The van der Waals surface area contributed by atoms with Gasteiger partial charge >= 0.3 is 5.97 Å². The van der Waals surface area contributed by atoms with Crippen LogP contribution in [-0.2, 0) is 7.05 Å². The first-order valence-electron chi connectivity index (χ1n) is 8.02. The Morgan fingerprint density at radius 1 is 1.30 bits per heavy atom. The first-order valence-corrected chi connectivity index (χ1v) is 8.02. The lowest BCUT2D eigenvalue weighted by atomic mass is 10.0. The van der Waals surface area contributed by atoms with Crippen LogP contribution < -0.4 is 4.74 Å². The Balaban J connectivity index is 2.07. The summed E-state index contributed by atoms with van der Waals surface area (Å²) in [5.74, 6) is -0.161. The predicted octanol–water partition coefficient (Wildman–Crippen LogP) is 3.72. The van der Waals surface area contributed by atoms with Crippen molar-refractivity contribution in [3.8, 4) is 17.0 Å². The maximum atomic E-state index is 11.2. The fourth-order valence-corrected chi connectivity index (χ4v) is 3.14. The number of benzene rings is 1. The van der Waals surface area contributed by atoms with Crippen molar-refractivity contribution < 1.29 is 14.6 Å². The van der Waals surface area contributed by atoms with Crippen molar-refractivity contribution in [1.82, 2.24) is 9.78 Å². The molecule has 3 rings (SSSR count). The van der Waals surface area contributed by atoms with Crippen molar-refractivity contribution in [3.05, 3.63) is 35.0 Å². The molecule has 0 amide bonds. The van der Waals surface area contributed by atoms with Gasteiger partial charge in [-0.1, -0.05) is 6.07 Å². The van der Waals surface area contributed by atoms with Crippen LogP contribution in [0.25, 0.3) is 11.3 Å². The Labute approximate surface area is 135 Å². The molecule has 0 saturated heterocycles. The fraction of sp³-hybridized carbons (Fsp3) is 0.444. The van der Waals surface area contributed by atoms with E-state index in [2.05, 4.69) is 18.9 Å². The highest BCUT2D eigenvalue weighted by Crippen LogP contribution is 2.37. The molecule has 1 heterocycles. The summed E-state index contributed by atoms with van der Waals surface area (Å²) in [5.41, 5.74) is 3.99. The van der Waals surface area contributed by atoms with Crippen molar-refractivity contribution in [1.29, 1.82) is 0 Å². The van der Waals surface area contributed by atoms with E-state index in [0.29, 0.717) is 0 Å². The van der Waals surface area contributed by atoms with Crippen LogP contribution in [-0.4, -0.2) is 27.0 Å². The maximum Gasteiger partial charge on any atom is 0.356 e. The summed E-state index contributed by atoms with van der Waals surface area (Å²) in [7, 11) is 1.76. The standard InChI is InChI=1S/C18H22N2O3/c1-11-8-9-14(16-10-15(18(21)22)19-20(16)3)17(12(11)2)23-13-6-4-5-7-13/h8-10,13H,4-7H2,1-3H3,(H,21,22). The number of carboxylic acid groups (broad SMARTS) is 1. The minimum absolute atomic E-state index is 0.0487. The molecule has 0 radical (unpaired) electrons. The molecule has 5 nitrogen and oxygen atoms in total. The predicted molar refractivity (Wildman–Crippen MR) is 88.0 cm³/mol. The van der Waals surface area contributed by atoms with Crippen LogP contribution in [0.4, 0.5) is 0 Å². The van der Waals surface area contributed by atoms with E-state index in [4.69, 9.17) is 9.84 Å². The van der Waals surface area contributed by atoms with Crippen LogP contribution in [0.5, 0.6) is 5.75 Å². The number of hydrogen-bond donors (Lipinski definition) is 1. The summed E-state index contributed by atoms with van der Waals surface area (Å²) in [6.07, 6.45) is 4.83. The average molecular weight is 314 g/mol. The lowest BCUT2D eigenvalue weighted by Crippen LogP contribution is -2.13. The second-order valence-corrected chi connectivity index (χ2v) is 6.25. The fourth-order valence-electron chi connectivity index (χ4n) is 3.14. The van der Waals surface area contributed by atoms with E-state index >= 15 is 0 Å². The van der Waals surface area contributed by atoms with Gasteiger partial charge in [0.15, 0.2) is 5.69 Å². The molecule has 122 valence electrons. The molecular formula is C18H22N2O3. The number of carbonyl (C=O) groups is 1. The maximum absolute atomic E-state index is 11.2. The van der Waals surface area contributed by atoms with E-state index in [-0.39, 0.29) is 11.8 Å². The first-order chi connectivity index (χ1) is 11.0. The third-order valence-electron chi connectivity index (χ3n) is 4.64. The number of aryl methyl sites for hydroxylation is 2. The van der Waals surface area contributed by atoms with Gasteiger partial charge in [0.1, 0.15) is 5.75 Å². The van der Waals surface area contributed by atoms with Crippen molar-refractivity contribution in [2.75, 3.05) is 0 Å². The normalized spacial score (nSPS) is 15.1. The van der Waals surface area contributed by atoms with Crippen LogP contribution in [0, 0.1) is 13.8 Å². The molecule has 23 heavy (non-hydrogen) atoms. The van der Waals surface area contributed by atoms with Crippen LogP contribution in [0.15, 0.2) is 18.2 Å². The van der Waals surface area contributed by atoms with Crippen molar-refractivity contribution >= 4 is 5.97 Å². The molecule has 0 spiro atoms. The molecule has 1 aromatic heterocycles. The molecule has 0 atom stereocenters. The number of carboxylic acids is 1. The van der Waals surface area contributed by atoms with E-state index in [1.54, 1.807) is 17.8 Å². The number of nitrogens with zero attached hydrogens (tertiary/aromatic N) is 2. The quantitative estimate of drug-likeness (QED) is 0.934. The van der Waals surface area contributed by atoms with E-state index in [0.717, 1.165) is 35.4 Å². The van der Waals surface area contributed by atoms with E-state index in [1.807, 2.05) is 12.1 Å². The van der Waals surface area contributed by atoms with Crippen molar-refractivity contribution in [2.45, 2.75) is 45.6 Å². The highest BCUT2D eigenvalue weighted by atomic mass is 16.5. The second kappa shape index (κ2) is 6.07. The summed E-state index contributed by atoms with van der Waals surface area (Å²) in [4.78, 5) is 11.2. The van der Waals surface area contributed by atoms with Gasteiger partial charge in [-0.3, -0.25) is 4.68 Å². The lowest BCUT2D eigenvalue weighted by molar-refractivity contribution is 0.0689. The third-order valence-corrected chi connectivity index (χ3v) is 4.64. The summed E-state index contributed by atoms with van der Waals surface area (Å²) in [6.45, 7) is 4.12. The van der Waals surface area contributed by atoms with Crippen LogP contribution in [0.3, 0.4) is 0 Å². The van der Waals surface area contributed by atoms with Crippen LogP contribution >= 0.6 is 0 Å². The molecule has 1 aliphatic carbocycles. The minimum Gasteiger partial charge on any atom is -0.489 e. The highest BCUT2D eigenvalue weighted by molar-refractivity contribution is 5.87. The molecule has 2 aromatic rings. The topological polar surface area (TPSA) is 64.3 Å². The van der Waals surface area contributed by atoms with Gasteiger partial charge < -0.3 is 9.84 Å². The van der Waals surface area contributed by atoms with Crippen molar-refractivity contribution in [3.63, 3.8) is 0 Å². The zero-order valence-corrected chi connectivity index (χ0v) is 13.8. The van der Waals surface area contributed by atoms with E-state index < -0.39 is 5.97 Å². The van der Waals surface area contributed by atoms with Gasteiger partial charge in [-0.05, 0) is 62.8 Å². The second-order valence-electron chi connectivity index (χ2n) is 6.25. The van der Waals surface area contributed by atoms with Gasteiger partial charge in [-0.2, -0.15) is 5.10 Å². The number of hydrogen-bond acceptors (Lipinski definition) is 3. The van der Waals surface area contributed by atoms with E-state index in [1.165, 1.54) is 18.4 Å². The smallest absolute Gasteiger partial charge is 0.356 e. The molecule has 0 unspecified atom stereocenters. The molecule has 1 N–H and O–H groups in total. The van der Waals surface area contributed by atoms with Gasteiger partial charge in [0.05, 0.1) is 11.8 Å². The number of ether oxygens (including phenoxy) is 1. The minimum atomic E-state index is -1.02. The van der Waals surface area contributed by atoms with Crippen LogP contribution in [0.2, 0.25) is 0 Å². The van der Waals surface area contributed by atoms with Gasteiger partial charge in [0, 0.05) is 12.6 Å². The van der Waals surface area contributed by atoms with Gasteiger partial charge in [-0.15, -0.1) is 0 Å². The molecule has 1 saturated carbocycles. The Morgan fingerprint density at radius 3 is 2.61 bits per heavy atom. The molecule has 1 aromatic carbocycles. The Hall–Kier alpha value is -2.30. The lowest BCUT2D eigenvalue weighted by Gasteiger charge is -2.20. The first kappa shape index (κ1) is 15.6. The Morgan fingerprint density at radius 2 is 2.00 bits per heavy atom. The van der Waals surface area contributed by atoms with E-state index in [9.17, 15) is 4.79 Å². The molecule has 5 heteroatoms. The molecule has 0 aliphatic heterocycles. The number of aromatic nitrogens is 2. The zero-order valence-electron chi connectivity index (χ0n) is 13.8. The molecule has 1 fully saturated rings. The van der Waals surface area contributed by atoms with Gasteiger partial charge in [0.25, 0.3) is 0 Å². The SMILES string of the molecule is Cc1ccc(-c2cc(C(=O)O)nn2C)c(OC2CCCC2)c1C. The van der Waals surface area contributed by atoms with Crippen molar-refractivity contribution in [2.24, 2.45) is 7.05 Å². The Bertz CT molecular complexity index is 743. The monoisotopic (exact) mass is 314 g/mol. The largest absolute Gasteiger partial charge is 0.489 e. The summed E-state index contributed by atoms with van der Waals surface area (Å²) >= 11 is 0. The molecule has 1 aliphatic rings. The summed E-state index contributed by atoms with van der Waals surface area (Å²) in [6, 6.07) is 5.64. The van der Waals surface area contributed by atoms with Crippen LogP contribution in [0.1, 0.15) is 47.3 Å².